The third kappa shape index (κ3) is 5.47. The number of benzene rings is 2. The molecule has 0 aromatic heterocycles. The van der Waals surface area contributed by atoms with Crippen LogP contribution in [0.2, 0.25) is 0 Å². The van der Waals surface area contributed by atoms with E-state index in [-0.39, 0.29) is 19.1 Å². The van der Waals surface area contributed by atoms with Gasteiger partial charge in [-0.3, -0.25) is 19.4 Å². The highest BCUT2D eigenvalue weighted by Crippen LogP contribution is 2.37. The van der Waals surface area contributed by atoms with Crippen molar-refractivity contribution < 1.29 is 24.2 Å². The Labute approximate surface area is 205 Å². The molecule has 0 saturated carbocycles. The standard InChI is InChI=1S/C26H32N4O5/c27-23(32)19-29-24(33)26(30(25(29)34)12-9-20-5-2-1-3-6-20)10-13-28(14-11-26)18-21-7-4-8-22(17-21)35-16-15-31/h1-8,17,31H,9-16,18-19H2,(H2,27,32). The smallest absolute Gasteiger partial charge is 0.328 e. The second kappa shape index (κ2) is 10.9. The predicted octanol–water partition coefficient (Wildman–Crippen LogP) is 1.38. The van der Waals surface area contributed by atoms with Crippen LogP contribution in [0.3, 0.4) is 0 Å². The lowest BCUT2D eigenvalue weighted by molar-refractivity contribution is -0.137. The molecule has 0 bridgehead atoms. The molecule has 35 heavy (non-hydrogen) atoms. The summed E-state index contributed by atoms with van der Waals surface area (Å²) in [5, 5.41) is 8.97. The molecule has 2 heterocycles. The Morgan fingerprint density at radius 1 is 1.03 bits per heavy atom. The number of carbonyl (C=O) groups excluding carboxylic acids is 3. The number of hydrogen-bond acceptors (Lipinski definition) is 6. The summed E-state index contributed by atoms with van der Waals surface area (Å²) in [5.74, 6) is -0.323. The van der Waals surface area contributed by atoms with E-state index < -0.39 is 24.0 Å². The van der Waals surface area contributed by atoms with Crippen molar-refractivity contribution in [3.05, 3.63) is 65.7 Å². The van der Waals surface area contributed by atoms with E-state index in [2.05, 4.69) is 4.90 Å². The highest BCUT2D eigenvalue weighted by Gasteiger charge is 2.57. The van der Waals surface area contributed by atoms with Gasteiger partial charge in [0.2, 0.25) is 5.91 Å². The molecule has 9 heteroatoms. The van der Waals surface area contributed by atoms with E-state index in [1.807, 2.05) is 54.6 Å². The van der Waals surface area contributed by atoms with Crippen LogP contribution in [0.1, 0.15) is 24.0 Å². The molecule has 3 N–H and O–H groups in total. The number of nitrogens with two attached hydrogens (primary N) is 1. The molecule has 0 radical (unpaired) electrons. The quantitative estimate of drug-likeness (QED) is 0.497. The van der Waals surface area contributed by atoms with Crippen LogP contribution in [-0.4, -0.2) is 82.6 Å². The number of aliphatic hydroxyl groups excluding tert-OH is 1. The van der Waals surface area contributed by atoms with E-state index in [0.29, 0.717) is 51.2 Å². The van der Waals surface area contributed by atoms with Gasteiger partial charge in [0.25, 0.3) is 5.91 Å². The van der Waals surface area contributed by atoms with E-state index in [0.717, 1.165) is 16.0 Å². The summed E-state index contributed by atoms with van der Waals surface area (Å²) < 4.78 is 5.51. The molecule has 2 fully saturated rings. The monoisotopic (exact) mass is 480 g/mol. The number of rotatable bonds is 10. The zero-order valence-corrected chi connectivity index (χ0v) is 19.8. The molecule has 2 aromatic rings. The first kappa shape index (κ1) is 24.7. The third-order valence-electron chi connectivity index (χ3n) is 6.75. The molecule has 4 amide bonds. The number of urea groups is 1. The summed E-state index contributed by atoms with van der Waals surface area (Å²) in [6.45, 7) is 2.15. The molecule has 0 unspecified atom stereocenters. The van der Waals surface area contributed by atoms with Crippen LogP contribution < -0.4 is 10.5 Å². The molecule has 2 aromatic carbocycles. The number of nitrogens with zero attached hydrogens (tertiary/aromatic N) is 3. The normalized spacial score (nSPS) is 17.9. The number of ether oxygens (including phenoxy) is 1. The van der Waals surface area contributed by atoms with E-state index >= 15 is 0 Å². The van der Waals surface area contributed by atoms with Crippen molar-refractivity contribution in [2.75, 3.05) is 39.4 Å². The maximum atomic E-state index is 13.5. The second-order valence-electron chi connectivity index (χ2n) is 9.05. The summed E-state index contributed by atoms with van der Waals surface area (Å²) in [5.41, 5.74) is 6.54. The average Bonchev–Trinajstić information content (AvgIpc) is 3.04. The number of primary amides is 1. The highest BCUT2D eigenvalue weighted by atomic mass is 16.5. The summed E-state index contributed by atoms with van der Waals surface area (Å²) in [4.78, 5) is 43.2. The highest BCUT2D eigenvalue weighted by molar-refractivity contribution is 6.09. The first-order chi connectivity index (χ1) is 16.9. The lowest BCUT2D eigenvalue weighted by Crippen LogP contribution is -2.56. The molecule has 9 nitrogen and oxygen atoms in total. The van der Waals surface area contributed by atoms with Crippen LogP contribution in [0.15, 0.2) is 54.6 Å². The maximum absolute atomic E-state index is 13.5. The number of carbonyl (C=O) groups is 3. The van der Waals surface area contributed by atoms with E-state index in [1.54, 1.807) is 4.90 Å². The van der Waals surface area contributed by atoms with Crippen molar-refractivity contribution in [3.63, 3.8) is 0 Å². The van der Waals surface area contributed by atoms with Crippen molar-refractivity contribution in [1.82, 2.24) is 14.7 Å². The number of likely N-dealkylation sites (tertiary alicyclic amines) is 1. The topological polar surface area (TPSA) is 116 Å². The van der Waals surface area contributed by atoms with Gasteiger partial charge >= 0.3 is 6.03 Å². The summed E-state index contributed by atoms with van der Waals surface area (Å²) in [6, 6.07) is 17.1. The molecular formula is C26H32N4O5. The van der Waals surface area contributed by atoms with Gasteiger partial charge in [-0.25, -0.2) is 4.79 Å². The minimum atomic E-state index is -0.954. The fraction of sp³-hybridized carbons (Fsp3) is 0.423. The Kier molecular flexibility index (Phi) is 7.67. The molecule has 0 atom stereocenters. The number of imide groups is 1. The molecule has 2 aliphatic heterocycles. The van der Waals surface area contributed by atoms with Gasteiger partial charge in [-0.2, -0.15) is 0 Å². The van der Waals surface area contributed by atoms with Gasteiger partial charge in [-0.1, -0.05) is 42.5 Å². The Morgan fingerprint density at radius 3 is 2.43 bits per heavy atom. The van der Waals surface area contributed by atoms with Crippen molar-refractivity contribution >= 4 is 17.8 Å². The fourth-order valence-electron chi connectivity index (χ4n) is 4.99. The van der Waals surface area contributed by atoms with Gasteiger partial charge < -0.3 is 20.5 Å². The Morgan fingerprint density at radius 2 is 1.74 bits per heavy atom. The maximum Gasteiger partial charge on any atom is 0.328 e. The van der Waals surface area contributed by atoms with Crippen molar-refractivity contribution in [3.8, 4) is 5.75 Å². The molecule has 2 aliphatic rings. The van der Waals surface area contributed by atoms with Crippen LogP contribution in [0.4, 0.5) is 4.79 Å². The minimum Gasteiger partial charge on any atom is -0.491 e. The Balaban J connectivity index is 1.47. The summed E-state index contributed by atoms with van der Waals surface area (Å²) >= 11 is 0. The molecule has 4 rings (SSSR count). The number of amides is 4. The molecule has 0 aliphatic carbocycles. The first-order valence-corrected chi connectivity index (χ1v) is 11.9. The number of hydrogen-bond donors (Lipinski definition) is 2. The van der Waals surface area contributed by atoms with Crippen molar-refractivity contribution in [1.29, 1.82) is 0 Å². The molecule has 186 valence electrons. The van der Waals surface area contributed by atoms with Crippen LogP contribution in [0, 0.1) is 0 Å². The van der Waals surface area contributed by atoms with Crippen LogP contribution in [-0.2, 0) is 22.6 Å². The zero-order chi connectivity index (χ0) is 24.8. The Bertz CT molecular complexity index is 1050. The third-order valence-corrected chi connectivity index (χ3v) is 6.75. The minimum absolute atomic E-state index is 0.0429. The van der Waals surface area contributed by atoms with Gasteiger partial charge in [0.1, 0.15) is 24.4 Å². The average molecular weight is 481 g/mol. The van der Waals surface area contributed by atoms with E-state index in [1.165, 1.54) is 0 Å². The van der Waals surface area contributed by atoms with Gasteiger partial charge in [-0.15, -0.1) is 0 Å². The molecule has 2 saturated heterocycles. The van der Waals surface area contributed by atoms with Crippen molar-refractivity contribution in [2.24, 2.45) is 5.73 Å². The number of piperidine rings is 1. The fourth-order valence-corrected chi connectivity index (χ4v) is 4.99. The van der Waals surface area contributed by atoms with Crippen LogP contribution in [0.25, 0.3) is 0 Å². The molecule has 1 spiro atoms. The second-order valence-corrected chi connectivity index (χ2v) is 9.05. The van der Waals surface area contributed by atoms with Gasteiger partial charge in [0.15, 0.2) is 0 Å². The largest absolute Gasteiger partial charge is 0.491 e. The summed E-state index contributed by atoms with van der Waals surface area (Å²) in [6.07, 6.45) is 1.60. The summed E-state index contributed by atoms with van der Waals surface area (Å²) in [7, 11) is 0. The van der Waals surface area contributed by atoms with Crippen molar-refractivity contribution in [2.45, 2.75) is 31.3 Å². The predicted molar refractivity (Wildman–Crippen MR) is 129 cm³/mol. The number of aliphatic hydroxyl groups is 1. The lowest BCUT2D eigenvalue weighted by Gasteiger charge is -2.42. The van der Waals surface area contributed by atoms with E-state index in [9.17, 15) is 14.4 Å². The zero-order valence-electron chi connectivity index (χ0n) is 19.8. The van der Waals surface area contributed by atoms with Crippen LogP contribution >= 0.6 is 0 Å². The SMILES string of the molecule is NC(=O)CN1C(=O)N(CCc2ccccc2)C2(CCN(Cc3cccc(OCCO)c3)CC2)C1=O. The van der Waals surface area contributed by atoms with Gasteiger partial charge in [0, 0.05) is 26.2 Å². The first-order valence-electron chi connectivity index (χ1n) is 11.9. The van der Waals surface area contributed by atoms with Gasteiger partial charge in [-0.05, 0) is 42.5 Å². The van der Waals surface area contributed by atoms with Gasteiger partial charge in [0.05, 0.1) is 6.61 Å². The Hall–Kier alpha value is -3.43. The lowest BCUT2D eigenvalue weighted by atomic mass is 9.85. The van der Waals surface area contributed by atoms with E-state index in [4.69, 9.17) is 15.6 Å². The molecular weight excluding hydrogens is 448 g/mol. The van der Waals surface area contributed by atoms with Crippen LogP contribution in [0.5, 0.6) is 5.75 Å².